The molecule has 0 radical (unpaired) electrons. The van der Waals surface area contributed by atoms with E-state index in [1.54, 1.807) is 0 Å². The van der Waals surface area contributed by atoms with Crippen LogP contribution in [0.4, 0.5) is 0 Å². The van der Waals surface area contributed by atoms with Crippen molar-refractivity contribution in [3.8, 4) is 11.8 Å². The zero-order valence-corrected chi connectivity index (χ0v) is 10.1. The molecule has 0 saturated heterocycles. The zero-order valence-electron chi connectivity index (χ0n) is 10.1. The van der Waals surface area contributed by atoms with Crippen molar-refractivity contribution in [2.24, 2.45) is 0 Å². The molecule has 0 aliphatic carbocycles. The van der Waals surface area contributed by atoms with Gasteiger partial charge in [-0.1, -0.05) is 36.4 Å². The molecule has 4 heteroatoms. The number of rotatable bonds is 3. The maximum atomic E-state index is 8.95. The molecule has 1 N–H and O–H groups in total. The molecule has 92 valence electrons. The predicted octanol–water partition coefficient (Wildman–Crippen LogP) is 3.01. The molecule has 0 spiro atoms. The summed E-state index contributed by atoms with van der Waals surface area (Å²) < 4.78 is 5.78. The quantitative estimate of drug-likeness (QED) is 0.776. The first-order valence-corrected chi connectivity index (χ1v) is 5.92. The molecule has 0 unspecified atom stereocenters. The Balaban J connectivity index is 1.90. The van der Waals surface area contributed by atoms with Crippen LogP contribution in [0.25, 0.3) is 10.9 Å². The van der Waals surface area contributed by atoms with E-state index in [1.807, 2.05) is 48.5 Å². The number of nitriles is 1. The maximum absolute atomic E-state index is 8.95. The molecule has 0 bridgehead atoms. The first kappa shape index (κ1) is 11.3. The van der Waals surface area contributed by atoms with E-state index in [9.17, 15) is 0 Å². The van der Waals surface area contributed by atoms with Crippen molar-refractivity contribution in [3.05, 3.63) is 59.8 Å². The Morgan fingerprint density at radius 1 is 1.11 bits per heavy atom. The van der Waals surface area contributed by atoms with Gasteiger partial charge in [0.2, 0.25) is 0 Å². The van der Waals surface area contributed by atoms with Crippen molar-refractivity contribution in [1.82, 2.24) is 10.2 Å². The van der Waals surface area contributed by atoms with E-state index >= 15 is 0 Å². The smallest absolute Gasteiger partial charge is 0.170 e. The van der Waals surface area contributed by atoms with Gasteiger partial charge in [0.15, 0.2) is 5.69 Å². The van der Waals surface area contributed by atoms with Gasteiger partial charge < -0.3 is 4.74 Å². The van der Waals surface area contributed by atoms with Crippen LogP contribution >= 0.6 is 0 Å². The molecule has 0 atom stereocenters. The SMILES string of the molecule is N#Cc1n[nH]c2c(OCc3ccccc3)cccc12. The number of H-pyrrole nitrogens is 1. The number of aromatic nitrogens is 2. The Labute approximate surface area is 110 Å². The Kier molecular flexibility index (Phi) is 2.87. The number of para-hydroxylation sites is 1. The van der Waals surface area contributed by atoms with Gasteiger partial charge in [-0.15, -0.1) is 0 Å². The summed E-state index contributed by atoms with van der Waals surface area (Å²) in [7, 11) is 0. The van der Waals surface area contributed by atoms with E-state index in [0.29, 0.717) is 18.1 Å². The van der Waals surface area contributed by atoms with E-state index < -0.39 is 0 Å². The molecular weight excluding hydrogens is 238 g/mol. The topological polar surface area (TPSA) is 61.7 Å². The van der Waals surface area contributed by atoms with Gasteiger partial charge in [0.1, 0.15) is 23.9 Å². The van der Waals surface area contributed by atoms with Gasteiger partial charge >= 0.3 is 0 Å². The van der Waals surface area contributed by atoms with Crippen molar-refractivity contribution < 1.29 is 4.74 Å². The molecule has 3 rings (SSSR count). The molecule has 19 heavy (non-hydrogen) atoms. The van der Waals surface area contributed by atoms with Gasteiger partial charge in [-0.3, -0.25) is 5.10 Å². The summed E-state index contributed by atoms with van der Waals surface area (Å²) in [5.74, 6) is 0.704. The minimum Gasteiger partial charge on any atom is -0.487 e. The van der Waals surface area contributed by atoms with E-state index in [4.69, 9.17) is 10.00 Å². The average Bonchev–Trinajstić information content (AvgIpc) is 2.90. The highest BCUT2D eigenvalue weighted by atomic mass is 16.5. The summed E-state index contributed by atoms with van der Waals surface area (Å²) >= 11 is 0. The molecule has 3 aromatic rings. The van der Waals surface area contributed by atoms with Crippen LogP contribution in [0, 0.1) is 11.3 Å². The van der Waals surface area contributed by atoms with Crippen LogP contribution in [-0.2, 0) is 6.61 Å². The standard InChI is InChI=1S/C15H11N3O/c16-9-13-12-7-4-8-14(15(12)18-17-13)19-10-11-5-2-1-3-6-11/h1-8H,10H2,(H,17,18). The summed E-state index contributed by atoms with van der Waals surface area (Å²) in [6, 6.07) is 17.6. The fourth-order valence-corrected chi connectivity index (χ4v) is 1.96. The summed E-state index contributed by atoms with van der Waals surface area (Å²) in [4.78, 5) is 0. The van der Waals surface area contributed by atoms with Crippen molar-refractivity contribution in [2.45, 2.75) is 6.61 Å². The Morgan fingerprint density at radius 2 is 1.95 bits per heavy atom. The molecule has 0 fully saturated rings. The fraction of sp³-hybridized carbons (Fsp3) is 0.0667. The lowest BCUT2D eigenvalue weighted by atomic mass is 10.2. The highest BCUT2D eigenvalue weighted by Crippen LogP contribution is 2.26. The number of hydrogen-bond donors (Lipinski definition) is 1. The average molecular weight is 249 g/mol. The van der Waals surface area contributed by atoms with Crippen LogP contribution < -0.4 is 4.74 Å². The molecule has 0 aliphatic rings. The molecule has 4 nitrogen and oxygen atoms in total. The van der Waals surface area contributed by atoms with Crippen LogP contribution in [0.3, 0.4) is 0 Å². The Morgan fingerprint density at radius 3 is 2.74 bits per heavy atom. The molecular formula is C15H11N3O. The van der Waals surface area contributed by atoms with Crippen molar-refractivity contribution >= 4 is 10.9 Å². The molecule has 0 amide bonds. The predicted molar refractivity (Wildman–Crippen MR) is 71.6 cm³/mol. The van der Waals surface area contributed by atoms with Crippen molar-refractivity contribution in [2.75, 3.05) is 0 Å². The number of ether oxygens (including phenoxy) is 1. The second kappa shape index (κ2) is 4.83. The van der Waals surface area contributed by atoms with E-state index in [2.05, 4.69) is 16.3 Å². The molecule has 2 aromatic carbocycles. The number of nitrogens with zero attached hydrogens (tertiary/aromatic N) is 2. The van der Waals surface area contributed by atoms with E-state index in [-0.39, 0.29) is 0 Å². The van der Waals surface area contributed by atoms with Crippen LogP contribution in [0.15, 0.2) is 48.5 Å². The molecule has 0 saturated carbocycles. The Hall–Kier alpha value is -2.80. The summed E-state index contributed by atoms with van der Waals surface area (Å²) in [5, 5.41) is 16.5. The van der Waals surface area contributed by atoms with Gasteiger partial charge in [0.05, 0.1) is 0 Å². The largest absolute Gasteiger partial charge is 0.487 e. The van der Waals surface area contributed by atoms with Gasteiger partial charge in [0, 0.05) is 5.39 Å². The lowest BCUT2D eigenvalue weighted by Crippen LogP contribution is -1.95. The molecule has 1 aromatic heterocycles. The van der Waals surface area contributed by atoms with Gasteiger partial charge in [-0.25, -0.2) is 0 Å². The second-order valence-electron chi connectivity index (χ2n) is 4.14. The fourth-order valence-electron chi connectivity index (χ4n) is 1.96. The number of benzene rings is 2. The zero-order chi connectivity index (χ0) is 13.1. The first-order valence-electron chi connectivity index (χ1n) is 5.92. The highest BCUT2D eigenvalue weighted by molar-refractivity contribution is 5.88. The number of hydrogen-bond acceptors (Lipinski definition) is 3. The Bertz CT molecular complexity index is 741. The summed E-state index contributed by atoms with van der Waals surface area (Å²) in [6.45, 7) is 0.487. The van der Waals surface area contributed by atoms with Crippen LogP contribution in [-0.4, -0.2) is 10.2 Å². The second-order valence-corrected chi connectivity index (χ2v) is 4.14. The summed E-state index contributed by atoms with van der Waals surface area (Å²) in [5.41, 5.74) is 2.25. The van der Waals surface area contributed by atoms with E-state index in [1.165, 1.54) is 0 Å². The van der Waals surface area contributed by atoms with Crippen molar-refractivity contribution in [3.63, 3.8) is 0 Å². The van der Waals surface area contributed by atoms with Crippen LogP contribution in [0.1, 0.15) is 11.3 Å². The maximum Gasteiger partial charge on any atom is 0.170 e. The van der Waals surface area contributed by atoms with Crippen LogP contribution in [0.5, 0.6) is 5.75 Å². The number of aromatic amines is 1. The normalized spacial score (nSPS) is 10.3. The third-order valence-corrected chi connectivity index (χ3v) is 2.90. The molecule has 0 aliphatic heterocycles. The lowest BCUT2D eigenvalue weighted by molar-refractivity contribution is 0.309. The highest BCUT2D eigenvalue weighted by Gasteiger charge is 2.09. The van der Waals surface area contributed by atoms with Gasteiger partial charge in [0.25, 0.3) is 0 Å². The third kappa shape index (κ3) is 2.14. The lowest BCUT2D eigenvalue weighted by Gasteiger charge is -2.06. The minimum atomic E-state index is 0.389. The van der Waals surface area contributed by atoms with Crippen LogP contribution in [0.2, 0.25) is 0 Å². The van der Waals surface area contributed by atoms with Gasteiger partial charge in [-0.2, -0.15) is 10.4 Å². The van der Waals surface area contributed by atoms with Crippen molar-refractivity contribution in [1.29, 1.82) is 5.26 Å². The number of fused-ring (bicyclic) bond motifs is 1. The molecule has 1 heterocycles. The first-order chi connectivity index (χ1) is 9.38. The van der Waals surface area contributed by atoms with Gasteiger partial charge in [-0.05, 0) is 17.7 Å². The van der Waals surface area contributed by atoms with E-state index in [0.717, 1.165) is 16.5 Å². The third-order valence-electron chi connectivity index (χ3n) is 2.90. The monoisotopic (exact) mass is 249 g/mol. The summed E-state index contributed by atoms with van der Waals surface area (Å²) in [6.07, 6.45) is 0. The minimum absolute atomic E-state index is 0.389. The number of nitrogens with one attached hydrogen (secondary N) is 1.